The first-order chi connectivity index (χ1) is 7.77. The van der Waals surface area contributed by atoms with Crippen molar-refractivity contribution in [2.45, 2.75) is 25.7 Å². The zero-order valence-corrected chi connectivity index (χ0v) is 9.95. The number of aromatic hydroxyl groups is 1. The number of aliphatic carboxylic acids is 1. The van der Waals surface area contributed by atoms with Gasteiger partial charge in [-0.05, 0) is 6.07 Å². The van der Waals surface area contributed by atoms with Crippen LogP contribution in [0.1, 0.15) is 25.8 Å². The number of ether oxygens (including phenoxy) is 1. The van der Waals surface area contributed by atoms with E-state index >= 15 is 0 Å². The van der Waals surface area contributed by atoms with Gasteiger partial charge in [0.05, 0.1) is 13.5 Å². The number of carboxylic acids is 1. The molecule has 0 aliphatic rings. The molecule has 1 aromatic carbocycles. The predicted octanol–water partition coefficient (Wildman–Crippen LogP) is 2.29. The molecule has 0 atom stereocenters. The number of hydrogen-bond donors (Lipinski definition) is 2. The van der Waals surface area contributed by atoms with Crippen LogP contribution in [0.3, 0.4) is 0 Å². The van der Waals surface area contributed by atoms with Crippen LogP contribution >= 0.6 is 0 Å². The average molecular weight is 242 g/mol. The highest BCUT2D eigenvalue weighted by molar-refractivity contribution is 5.69. The normalized spacial score (nSPS) is 11.3. The summed E-state index contributed by atoms with van der Waals surface area (Å²) in [6, 6.07) is 2.18. The van der Waals surface area contributed by atoms with Crippen LogP contribution in [0.25, 0.3) is 0 Å². The van der Waals surface area contributed by atoms with Crippen molar-refractivity contribution in [2.75, 3.05) is 7.11 Å². The van der Waals surface area contributed by atoms with E-state index in [9.17, 15) is 14.3 Å². The van der Waals surface area contributed by atoms with Crippen LogP contribution in [0.4, 0.5) is 4.39 Å². The maximum atomic E-state index is 13.3. The second-order valence-electron chi connectivity index (χ2n) is 4.46. The van der Waals surface area contributed by atoms with Crippen LogP contribution in [0.15, 0.2) is 12.1 Å². The van der Waals surface area contributed by atoms with Gasteiger partial charge in [0, 0.05) is 17.0 Å². The zero-order valence-electron chi connectivity index (χ0n) is 9.95. The van der Waals surface area contributed by atoms with Crippen molar-refractivity contribution in [2.24, 2.45) is 0 Å². The molecule has 5 heteroatoms. The second kappa shape index (κ2) is 4.61. The van der Waals surface area contributed by atoms with Gasteiger partial charge in [-0.1, -0.05) is 13.8 Å². The molecule has 0 bridgehead atoms. The van der Waals surface area contributed by atoms with Gasteiger partial charge in [0.1, 0.15) is 5.82 Å². The molecule has 4 nitrogen and oxygen atoms in total. The van der Waals surface area contributed by atoms with Gasteiger partial charge in [0.2, 0.25) is 0 Å². The average Bonchev–Trinajstić information content (AvgIpc) is 2.18. The van der Waals surface area contributed by atoms with Gasteiger partial charge in [-0.25, -0.2) is 4.39 Å². The molecule has 0 aliphatic heterocycles. The SMILES string of the molecule is COc1cc(F)cc(C(C)(C)CC(=O)O)c1O. The highest BCUT2D eigenvalue weighted by atomic mass is 19.1. The summed E-state index contributed by atoms with van der Waals surface area (Å²) in [4.78, 5) is 10.7. The Morgan fingerprint density at radius 3 is 2.53 bits per heavy atom. The van der Waals surface area contributed by atoms with Crippen molar-refractivity contribution in [3.05, 3.63) is 23.5 Å². The number of benzene rings is 1. The Bertz CT molecular complexity index is 440. The molecular formula is C12H15FO4. The fraction of sp³-hybridized carbons (Fsp3) is 0.417. The second-order valence-corrected chi connectivity index (χ2v) is 4.46. The molecule has 0 unspecified atom stereocenters. The Morgan fingerprint density at radius 1 is 1.47 bits per heavy atom. The quantitative estimate of drug-likeness (QED) is 0.850. The van der Waals surface area contributed by atoms with Gasteiger partial charge in [-0.15, -0.1) is 0 Å². The van der Waals surface area contributed by atoms with Gasteiger partial charge in [0.25, 0.3) is 0 Å². The van der Waals surface area contributed by atoms with Gasteiger partial charge in [-0.3, -0.25) is 4.79 Å². The molecule has 0 aliphatic carbocycles. The molecule has 1 aromatic rings. The van der Waals surface area contributed by atoms with E-state index in [0.717, 1.165) is 12.1 Å². The van der Waals surface area contributed by atoms with Crippen LogP contribution in [0.5, 0.6) is 11.5 Å². The third-order valence-electron chi connectivity index (χ3n) is 2.58. The van der Waals surface area contributed by atoms with E-state index in [0.29, 0.717) is 0 Å². The molecule has 0 amide bonds. The molecule has 0 radical (unpaired) electrons. The fourth-order valence-corrected chi connectivity index (χ4v) is 1.72. The van der Waals surface area contributed by atoms with E-state index in [1.807, 2.05) is 0 Å². The Labute approximate surface area is 98.7 Å². The van der Waals surface area contributed by atoms with E-state index in [1.165, 1.54) is 7.11 Å². The van der Waals surface area contributed by atoms with E-state index in [1.54, 1.807) is 13.8 Å². The van der Waals surface area contributed by atoms with Gasteiger partial charge in [-0.2, -0.15) is 0 Å². The summed E-state index contributed by atoms with van der Waals surface area (Å²) < 4.78 is 18.2. The maximum absolute atomic E-state index is 13.3. The lowest BCUT2D eigenvalue weighted by molar-refractivity contribution is -0.138. The molecule has 0 saturated heterocycles. The number of carboxylic acid groups (broad SMARTS) is 1. The monoisotopic (exact) mass is 242 g/mol. The summed E-state index contributed by atoms with van der Waals surface area (Å²) in [5.74, 6) is -1.82. The first-order valence-corrected chi connectivity index (χ1v) is 5.06. The molecule has 0 heterocycles. The summed E-state index contributed by atoms with van der Waals surface area (Å²) in [7, 11) is 1.31. The van der Waals surface area contributed by atoms with Crippen molar-refractivity contribution in [3.63, 3.8) is 0 Å². The number of rotatable bonds is 4. The van der Waals surface area contributed by atoms with Crippen LogP contribution in [-0.2, 0) is 10.2 Å². The number of methoxy groups -OCH3 is 1. The first kappa shape index (κ1) is 13.3. The number of phenolic OH excluding ortho intramolecular Hbond substituents is 1. The van der Waals surface area contributed by atoms with E-state index in [2.05, 4.69) is 0 Å². The lowest BCUT2D eigenvalue weighted by Gasteiger charge is -2.24. The number of phenols is 1. The molecule has 94 valence electrons. The minimum Gasteiger partial charge on any atom is -0.504 e. The number of hydrogen-bond acceptors (Lipinski definition) is 3. The Hall–Kier alpha value is -1.78. The van der Waals surface area contributed by atoms with Crippen molar-refractivity contribution in [1.82, 2.24) is 0 Å². The van der Waals surface area contributed by atoms with Crippen LogP contribution in [-0.4, -0.2) is 23.3 Å². The van der Waals surface area contributed by atoms with Crippen LogP contribution in [0.2, 0.25) is 0 Å². The van der Waals surface area contributed by atoms with E-state index in [4.69, 9.17) is 9.84 Å². The highest BCUT2D eigenvalue weighted by Crippen LogP contribution is 2.40. The van der Waals surface area contributed by atoms with Crippen LogP contribution < -0.4 is 4.74 Å². The zero-order chi connectivity index (χ0) is 13.2. The smallest absolute Gasteiger partial charge is 0.304 e. The lowest BCUT2D eigenvalue weighted by atomic mass is 9.81. The predicted molar refractivity (Wildman–Crippen MR) is 59.9 cm³/mol. The minimum absolute atomic E-state index is 0.00142. The molecular weight excluding hydrogens is 227 g/mol. The minimum atomic E-state index is -1.02. The maximum Gasteiger partial charge on any atom is 0.304 e. The topological polar surface area (TPSA) is 66.8 Å². The Kier molecular flexibility index (Phi) is 3.60. The summed E-state index contributed by atoms with van der Waals surface area (Å²) >= 11 is 0. The standard InChI is InChI=1S/C12H15FO4/c1-12(2,6-10(14)15)8-4-7(13)5-9(17-3)11(8)16/h4-5,16H,6H2,1-3H3,(H,14,15). The van der Waals surface area contributed by atoms with E-state index in [-0.39, 0.29) is 23.5 Å². The molecule has 0 saturated carbocycles. The van der Waals surface area contributed by atoms with Crippen molar-refractivity contribution in [3.8, 4) is 11.5 Å². The third kappa shape index (κ3) is 2.87. The largest absolute Gasteiger partial charge is 0.504 e. The molecule has 2 N–H and O–H groups in total. The highest BCUT2D eigenvalue weighted by Gasteiger charge is 2.29. The molecule has 0 aromatic heterocycles. The first-order valence-electron chi connectivity index (χ1n) is 5.06. The summed E-state index contributed by atoms with van der Waals surface area (Å²) in [5.41, 5.74) is -0.664. The Morgan fingerprint density at radius 2 is 2.06 bits per heavy atom. The van der Waals surface area contributed by atoms with E-state index < -0.39 is 17.2 Å². The van der Waals surface area contributed by atoms with Crippen molar-refractivity contribution in [1.29, 1.82) is 0 Å². The fourth-order valence-electron chi connectivity index (χ4n) is 1.72. The van der Waals surface area contributed by atoms with Gasteiger partial charge in [0.15, 0.2) is 11.5 Å². The van der Waals surface area contributed by atoms with Crippen molar-refractivity contribution < 1.29 is 24.1 Å². The van der Waals surface area contributed by atoms with Gasteiger partial charge >= 0.3 is 5.97 Å². The summed E-state index contributed by atoms with van der Waals surface area (Å²) in [6.45, 7) is 3.24. The third-order valence-corrected chi connectivity index (χ3v) is 2.58. The number of carbonyl (C=O) groups is 1. The lowest BCUT2D eigenvalue weighted by Crippen LogP contribution is -2.22. The Balaban J connectivity index is 3.29. The molecule has 0 spiro atoms. The molecule has 0 fully saturated rings. The molecule has 1 rings (SSSR count). The number of halogens is 1. The summed E-state index contributed by atoms with van der Waals surface area (Å²) in [5, 5.41) is 18.7. The molecule has 17 heavy (non-hydrogen) atoms. The summed E-state index contributed by atoms with van der Waals surface area (Å²) in [6.07, 6.45) is -0.215. The van der Waals surface area contributed by atoms with Gasteiger partial charge < -0.3 is 14.9 Å². The van der Waals surface area contributed by atoms with Crippen molar-refractivity contribution >= 4 is 5.97 Å². The van der Waals surface area contributed by atoms with Crippen LogP contribution in [0, 0.1) is 5.82 Å².